The Morgan fingerprint density at radius 3 is 2.35 bits per heavy atom. The number of carbonyl (C=O) groups excluding carboxylic acids is 1. The summed E-state index contributed by atoms with van der Waals surface area (Å²) in [5, 5.41) is 18.0. The molecular weight excluding hydrogens is 436 g/mol. The first-order chi connectivity index (χ1) is 16.0. The van der Waals surface area contributed by atoms with Crippen molar-refractivity contribution in [1.29, 1.82) is 0 Å². The van der Waals surface area contributed by atoms with Crippen LogP contribution in [0.15, 0.2) is 48.8 Å². The molecule has 3 aromatic rings. The monoisotopic (exact) mass is 468 g/mol. The van der Waals surface area contributed by atoms with Gasteiger partial charge in [-0.15, -0.1) is 0 Å². The van der Waals surface area contributed by atoms with Gasteiger partial charge in [-0.2, -0.15) is 5.10 Å². The van der Waals surface area contributed by atoms with Crippen LogP contribution in [0.1, 0.15) is 40.3 Å². The van der Waals surface area contributed by atoms with Crippen molar-refractivity contribution in [2.75, 3.05) is 20.3 Å². The molecule has 1 amide bonds. The highest BCUT2D eigenvalue weighted by atomic mass is 16.6. The summed E-state index contributed by atoms with van der Waals surface area (Å²) in [6.45, 7) is 9.45. The summed E-state index contributed by atoms with van der Waals surface area (Å²) in [6.07, 6.45) is 3.04. The zero-order valence-corrected chi connectivity index (χ0v) is 20.5. The van der Waals surface area contributed by atoms with E-state index in [1.807, 2.05) is 57.3 Å². The number of nitrogens with zero attached hydrogens (tertiary/aromatic N) is 3. The fourth-order valence-corrected chi connectivity index (χ4v) is 3.16. The Kier molecular flexibility index (Phi) is 7.46. The topological polar surface area (TPSA) is 108 Å². The van der Waals surface area contributed by atoms with Crippen molar-refractivity contribution in [3.63, 3.8) is 0 Å². The third-order valence-electron chi connectivity index (χ3n) is 4.69. The molecule has 2 aromatic heterocycles. The molecule has 2 heterocycles. The third-order valence-corrected chi connectivity index (χ3v) is 4.69. The van der Waals surface area contributed by atoms with E-state index in [4.69, 9.17) is 14.2 Å². The van der Waals surface area contributed by atoms with Crippen LogP contribution in [0.25, 0.3) is 16.8 Å². The van der Waals surface area contributed by atoms with Crippen LogP contribution in [0.4, 0.5) is 4.79 Å². The van der Waals surface area contributed by atoms with E-state index in [2.05, 4.69) is 15.4 Å². The second kappa shape index (κ2) is 10.1. The minimum Gasteiger partial charge on any atom is -0.492 e. The van der Waals surface area contributed by atoms with E-state index in [9.17, 15) is 9.90 Å². The number of pyridine rings is 1. The van der Waals surface area contributed by atoms with Gasteiger partial charge in [-0.3, -0.25) is 0 Å². The van der Waals surface area contributed by atoms with Gasteiger partial charge in [0.1, 0.15) is 29.3 Å². The molecule has 0 saturated carbocycles. The summed E-state index contributed by atoms with van der Waals surface area (Å²) in [6, 6.07) is 11.1. The number of nitrogens with one attached hydrogen (secondary N) is 1. The maximum Gasteiger partial charge on any atom is 0.407 e. The minimum absolute atomic E-state index is 0.302. The lowest BCUT2D eigenvalue weighted by Gasteiger charge is -2.19. The number of methoxy groups -OCH3 is 1. The van der Waals surface area contributed by atoms with Crippen LogP contribution in [0.2, 0.25) is 0 Å². The van der Waals surface area contributed by atoms with Crippen LogP contribution in [0.5, 0.6) is 11.6 Å². The van der Waals surface area contributed by atoms with Gasteiger partial charge in [-0.25, -0.2) is 14.5 Å². The van der Waals surface area contributed by atoms with Crippen molar-refractivity contribution in [2.24, 2.45) is 0 Å². The summed E-state index contributed by atoms with van der Waals surface area (Å²) >= 11 is 0. The number of aromatic nitrogens is 3. The van der Waals surface area contributed by atoms with Crippen molar-refractivity contribution in [2.45, 2.75) is 45.8 Å². The van der Waals surface area contributed by atoms with Gasteiger partial charge in [0, 0.05) is 17.8 Å². The average molecular weight is 469 g/mol. The highest BCUT2D eigenvalue weighted by molar-refractivity contribution is 5.68. The molecule has 0 saturated heterocycles. The molecule has 0 aliphatic carbocycles. The number of hydrogen-bond acceptors (Lipinski definition) is 7. The Bertz CT molecular complexity index is 1090. The third kappa shape index (κ3) is 6.71. The Morgan fingerprint density at radius 1 is 1.09 bits per heavy atom. The molecule has 34 heavy (non-hydrogen) atoms. The summed E-state index contributed by atoms with van der Waals surface area (Å²) in [4.78, 5) is 15.9. The Balaban J connectivity index is 1.70. The second-order valence-electron chi connectivity index (χ2n) is 9.26. The molecule has 0 bridgehead atoms. The molecule has 9 heteroatoms. The predicted molar refractivity (Wildman–Crippen MR) is 128 cm³/mol. The van der Waals surface area contributed by atoms with Crippen molar-refractivity contribution < 1.29 is 24.1 Å². The van der Waals surface area contributed by atoms with Crippen molar-refractivity contribution in [3.8, 4) is 28.4 Å². The van der Waals surface area contributed by atoms with E-state index in [-0.39, 0.29) is 0 Å². The Morgan fingerprint density at radius 2 is 1.79 bits per heavy atom. The smallest absolute Gasteiger partial charge is 0.407 e. The van der Waals surface area contributed by atoms with Crippen LogP contribution < -0.4 is 14.8 Å². The largest absolute Gasteiger partial charge is 0.492 e. The van der Waals surface area contributed by atoms with E-state index in [0.717, 1.165) is 16.8 Å². The average Bonchev–Trinajstić information content (AvgIpc) is 3.22. The fourth-order valence-electron chi connectivity index (χ4n) is 3.16. The lowest BCUT2D eigenvalue weighted by Crippen LogP contribution is -2.34. The quantitative estimate of drug-likeness (QED) is 0.480. The van der Waals surface area contributed by atoms with Gasteiger partial charge in [0.15, 0.2) is 0 Å². The van der Waals surface area contributed by atoms with E-state index < -0.39 is 17.3 Å². The number of ether oxygens (including phenoxy) is 3. The normalized spacial score (nSPS) is 11.7. The Hall–Kier alpha value is -3.59. The molecule has 182 valence electrons. The molecule has 0 spiro atoms. The van der Waals surface area contributed by atoms with Gasteiger partial charge in [-0.1, -0.05) is 12.1 Å². The molecule has 0 aliphatic heterocycles. The molecule has 1 aromatic carbocycles. The van der Waals surface area contributed by atoms with E-state index in [1.165, 1.54) is 0 Å². The molecule has 3 rings (SSSR count). The van der Waals surface area contributed by atoms with Gasteiger partial charge in [-0.05, 0) is 58.4 Å². The number of rotatable bonds is 8. The second-order valence-corrected chi connectivity index (χ2v) is 9.26. The molecule has 0 radical (unpaired) electrons. The van der Waals surface area contributed by atoms with Crippen molar-refractivity contribution >= 4 is 6.09 Å². The molecule has 0 fully saturated rings. The summed E-state index contributed by atoms with van der Waals surface area (Å²) in [7, 11) is 1.56. The molecule has 9 nitrogen and oxygen atoms in total. The lowest BCUT2D eigenvalue weighted by molar-refractivity contribution is 0.0520. The molecule has 0 atom stereocenters. The SMILES string of the molecule is COc1ccc(-n2cc(-c3ccc(OCCNC(=O)OC(C)(C)C)cc3)c(C(C)(C)O)n2)cn1. The van der Waals surface area contributed by atoms with Gasteiger partial charge < -0.3 is 24.6 Å². The van der Waals surface area contributed by atoms with Gasteiger partial charge in [0.05, 0.1) is 25.5 Å². The fraction of sp³-hybridized carbons (Fsp3) is 0.400. The number of alkyl carbamates (subject to hydrolysis) is 1. The highest BCUT2D eigenvalue weighted by Gasteiger charge is 2.25. The maximum atomic E-state index is 11.7. The Labute approximate surface area is 199 Å². The lowest BCUT2D eigenvalue weighted by atomic mass is 9.97. The summed E-state index contributed by atoms with van der Waals surface area (Å²) in [5.41, 5.74) is 1.27. The molecule has 0 unspecified atom stereocenters. The first-order valence-corrected chi connectivity index (χ1v) is 11.0. The van der Waals surface area contributed by atoms with Crippen LogP contribution in [-0.4, -0.2) is 51.8 Å². The molecule has 0 aliphatic rings. The number of carbonyl (C=O) groups is 1. The maximum absolute atomic E-state index is 11.7. The van der Waals surface area contributed by atoms with Crippen LogP contribution >= 0.6 is 0 Å². The standard InChI is InChI=1S/C25H32N4O5/c1-24(2,3)34-23(30)26-13-14-33-19-10-7-17(8-11-19)20-16-29(28-22(20)25(4,5)31)18-9-12-21(32-6)27-15-18/h7-12,15-16,31H,13-14H2,1-6H3,(H,26,30). The summed E-state index contributed by atoms with van der Waals surface area (Å²) < 4.78 is 17.7. The zero-order valence-electron chi connectivity index (χ0n) is 20.5. The molecular formula is C25H32N4O5. The van der Waals surface area contributed by atoms with E-state index >= 15 is 0 Å². The van der Waals surface area contributed by atoms with E-state index in [1.54, 1.807) is 37.9 Å². The molecule has 2 N–H and O–H groups in total. The van der Waals surface area contributed by atoms with Crippen molar-refractivity contribution in [1.82, 2.24) is 20.1 Å². The number of hydrogen-bond donors (Lipinski definition) is 2. The first kappa shape index (κ1) is 25.0. The first-order valence-electron chi connectivity index (χ1n) is 11.0. The van der Waals surface area contributed by atoms with Crippen LogP contribution in [0, 0.1) is 0 Å². The van der Waals surface area contributed by atoms with Crippen LogP contribution in [0.3, 0.4) is 0 Å². The zero-order chi connectivity index (χ0) is 24.9. The predicted octanol–water partition coefficient (Wildman–Crippen LogP) is 4.07. The minimum atomic E-state index is -1.15. The van der Waals surface area contributed by atoms with Gasteiger partial charge in [0.2, 0.25) is 5.88 Å². The number of amides is 1. The number of aliphatic hydroxyl groups is 1. The van der Waals surface area contributed by atoms with Crippen molar-refractivity contribution in [3.05, 3.63) is 54.5 Å². The van der Waals surface area contributed by atoms with Gasteiger partial charge in [0.25, 0.3) is 0 Å². The van der Waals surface area contributed by atoms with Gasteiger partial charge >= 0.3 is 6.09 Å². The van der Waals surface area contributed by atoms with Crippen LogP contribution in [-0.2, 0) is 10.3 Å². The highest BCUT2D eigenvalue weighted by Crippen LogP contribution is 2.32. The van der Waals surface area contributed by atoms with E-state index in [0.29, 0.717) is 30.5 Å². The summed E-state index contributed by atoms with van der Waals surface area (Å²) in [5.74, 6) is 1.17. The number of benzene rings is 1.